The van der Waals surface area contributed by atoms with Crippen molar-refractivity contribution in [1.29, 1.82) is 0 Å². The number of sulfonamides is 1. The van der Waals surface area contributed by atoms with Gasteiger partial charge in [-0.3, -0.25) is 14.8 Å². The second-order valence-electron chi connectivity index (χ2n) is 9.13. The number of nitrogens with one attached hydrogen (secondary N) is 2. The quantitative estimate of drug-likeness (QED) is 0.339. The van der Waals surface area contributed by atoms with Crippen molar-refractivity contribution < 1.29 is 22.3 Å². The zero-order valence-electron chi connectivity index (χ0n) is 20.3. The number of ether oxygens (including phenoxy) is 1. The summed E-state index contributed by atoms with van der Waals surface area (Å²) in [6.45, 7) is 5.34. The monoisotopic (exact) mass is 543 g/mol. The molecular formula is C25H23ClFN5O4S. The summed E-state index contributed by atoms with van der Waals surface area (Å²) in [6.07, 6.45) is 2.79. The fraction of sp³-hybridized carbons (Fsp3) is 0.200. The Balaban J connectivity index is 1.65. The van der Waals surface area contributed by atoms with Gasteiger partial charge in [-0.1, -0.05) is 38.4 Å². The number of fused-ring (bicyclic) bond motifs is 1. The maximum Gasteiger partial charge on any atom is 0.267 e. The first-order valence-electron chi connectivity index (χ1n) is 11.0. The highest BCUT2D eigenvalue weighted by Gasteiger charge is 2.23. The van der Waals surface area contributed by atoms with Crippen LogP contribution in [0.1, 0.15) is 20.8 Å². The van der Waals surface area contributed by atoms with E-state index in [1.165, 1.54) is 37.7 Å². The Bertz CT molecular complexity index is 1620. The maximum absolute atomic E-state index is 14.8. The van der Waals surface area contributed by atoms with Crippen LogP contribution in [0.4, 0.5) is 16.0 Å². The second-order valence-corrected chi connectivity index (χ2v) is 11.2. The number of methoxy groups -OCH3 is 1. The first-order chi connectivity index (χ1) is 17.4. The van der Waals surface area contributed by atoms with Gasteiger partial charge in [-0.2, -0.15) is 0 Å². The van der Waals surface area contributed by atoms with Crippen molar-refractivity contribution in [2.24, 2.45) is 5.41 Å². The Morgan fingerprint density at radius 1 is 1.05 bits per heavy atom. The van der Waals surface area contributed by atoms with Gasteiger partial charge in [-0.25, -0.2) is 27.8 Å². The van der Waals surface area contributed by atoms with Gasteiger partial charge >= 0.3 is 0 Å². The van der Waals surface area contributed by atoms with E-state index in [9.17, 15) is 17.6 Å². The van der Waals surface area contributed by atoms with Crippen molar-refractivity contribution in [2.75, 3.05) is 17.1 Å². The van der Waals surface area contributed by atoms with Crippen molar-refractivity contribution in [3.63, 3.8) is 0 Å². The summed E-state index contributed by atoms with van der Waals surface area (Å²) < 4.78 is 48.2. The van der Waals surface area contributed by atoms with Crippen LogP contribution >= 0.6 is 11.6 Å². The molecule has 0 bridgehead atoms. The van der Waals surface area contributed by atoms with Crippen molar-refractivity contribution in [3.05, 3.63) is 65.7 Å². The fourth-order valence-electron chi connectivity index (χ4n) is 3.32. The maximum atomic E-state index is 14.8. The molecule has 4 aromatic rings. The van der Waals surface area contributed by atoms with Crippen LogP contribution in [0.25, 0.3) is 22.0 Å². The summed E-state index contributed by atoms with van der Waals surface area (Å²) in [5, 5.41) is 3.39. The molecule has 37 heavy (non-hydrogen) atoms. The fourth-order valence-corrected chi connectivity index (χ4v) is 4.74. The predicted molar refractivity (Wildman–Crippen MR) is 140 cm³/mol. The highest BCUT2D eigenvalue weighted by molar-refractivity contribution is 7.92. The van der Waals surface area contributed by atoms with Gasteiger partial charge in [-0.15, -0.1) is 0 Å². The molecule has 192 valence electrons. The highest BCUT2D eigenvalue weighted by Crippen LogP contribution is 2.31. The van der Waals surface area contributed by atoms with E-state index in [1.54, 1.807) is 39.0 Å². The number of hydrogen-bond donors (Lipinski definition) is 2. The third kappa shape index (κ3) is 5.78. The van der Waals surface area contributed by atoms with Crippen LogP contribution in [0.5, 0.6) is 5.88 Å². The van der Waals surface area contributed by atoms with Gasteiger partial charge in [0.1, 0.15) is 5.82 Å². The molecule has 4 rings (SSSR count). The number of aromatic nitrogens is 3. The number of anilines is 2. The average Bonchev–Trinajstić information content (AvgIpc) is 2.84. The topological polar surface area (TPSA) is 123 Å². The predicted octanol–water partition coefficient (Wildman–Crippen LogP) is 5.28. The van der Waals surface area contributed by atoms with E-state index in [1.807, 2.05) is 0 Å². The minimum absolute atomic E-state index is 0.112. The molecule has 2 N–H and O–H groups in total. The lowest BCUT2D eigenvalue weighted by Gasteiger charge is -2.16. The summed E-state index contributed by atoms with van der Waals surface area (Å²) in [4.78, 5) is 24.4. The number of amides is 1. The van der Waals surface area contributed by atoms with E-state index in [2.05, 4.69) is 25.0 Å². The lowest BCUT2D eigenvalue weighted by Crippen LogP contribution is -2.28. The molecule has 1 amide bonds. The number of carbonyl (C=O) groups is 1. The van der Waals surface area contributed by atoms with Crippen molar-refractivity contribution in [2.45, 2.75) is 25.7 Å². The van der Waals surface area contributed by atoms with Gasteiger partial charge in [0.25, 0.3) is 10.0 Å². The lowest BCUT2D eigenvalue weighted by atomic mass is 9.96. The first-order valence-corrected chi connectivity index (χ1v) is 12.8. The van der Waals surface area contributed by atoms with E-state index >= 15 is 0 Å². The van der Waals surface area contributed by atoms with E-state index < -0.39 is 21.3 Å². The number of pyridine rings is 1. The van der Waals surface area contributed by atoms with Crippen LogP contribution in [-0.4, -0.2) is 36.4 Å². The molecule has 0 saturated carbocycles. The molecule has 2 aromatic heterocycles. The SMILES string of the molecule is COc1ncc(Cl)cc1S(=O)(=O)Nc1ccc(F)c(-c2ccc3nc(NC(=O)C(C)(C)C)ncc3c2)c1. The molecule has 0 atom stereocenters. The Labute approximate surface area is 218 Å². The normalized spacial score (nSPS) is 11.8. The molecule has 0 radical (unpaired) electrons. The summed E-state index contributed by atoms with van der Waals surface area (Å²) in [7, 11) is -2.86. The van der Waals surface area contributed by atoms with Gasteiger partial charge in [0.2, 0.25) is 17.7 Å². The molecule has 0 saturated heterocycles. The van der Waals surface area contributed by atoms with E-state index in [-0.39, 0.29) is 38.9 Å². The summed E-state index contributed by atoms with van der Waals surface area (Å²) in [5.74, 6) is -0.754. The van der Waals surface area contributed by atoms with Gasteiger partial charge in [-0.05, 0) is 42.0 Å². The number of hydrogen-bond acceptors (Lipinski definition) is 7. The van der Waals surface area contributed by atoms with Crippen molar-refractivity contribution in [1.82, 2.24) is 15.0 Å². The molecule has 9 nitrogen and oxygen atoms in total. The van der Waals surface area contributed by atoms with Crippen LogP contribution in [-0.2, 0) is 14.8 Å². The minimum atomic E-state index is -4.15. The van der Waals surface area contributed by atoms with Crippen LogP contribution in [0.2, 0.25) is 5.02 Å². The van der Waals surface area contributed by atoms with E-state index in [0.29, 0.717) is 16.5 Å². The van der Waals surface area contributed by atoms with E-state index in [4.69, 9.17) is 16.3 Å². The number of halogens is 2. The number of benzene rings is 2. The van der Waals surface area contributed by atoms with Crippen LogP contribution in [0, 0.1) is 11.2 Å². The van der Waals surface area contributed by atoms with Gasteiger partial charge in [0.15, 0.2) is 4.90 Å². The largest absolute Gasteiger partial charge is 0.480 e. The van der Waals surface area contributed by atoms with Gasteiger partial charge in [0.05, 0.1) is 17.6 Å². The average molecular weight is 544 g/mol. The lowest BCUT2D eigenvalue weighted by molar-refractivity contribution is -0.123. The Hall–Kier alpha value is -3.83. The summed E-state index contributed by atoms with van der Waals surface area (Å²) >= 11 is 5.92. The number of nitrogens with zero attached hydrogens (tertiary/aromatic N) is 3. The zero-order chi connectivity index (χ0) is 27.0. The minimum Gasteiger partial charge on any atom is -0.480 e. The molecule has 0 fully saturated rings. The zero-order valence-corrected chi connectivity index (χ0v) is 21.9. The third-order valence-corrected chi connectivity index (χ3v) is 6.87. The van der Waals surface area contributed by atoms with Crippen LogP contribution < -0.4 is 14.8 Å². The molecule has 12 heteroatoms. The van der Waals surface area contributed by atoms with Gasteiger partial charge in [0, 0.05) is 34.4 Å². The molecular weight excluding hydrogens is 521 g/mol. The third-order valence-electron chi connectivity index (χ3n) is 5.28. The molecule has 0 aliphatic carbocycles. The standard InChI is InChI=1S/C25H23ClFN5O4S/c1-25(2,3)23(33)31-24-29-12-15-9-14(5-8-20(15)30-24)18-11-17(6-7-19(18)27)32-37(34,35)21-10-16(26)13-28-22(21)36-4/h5-13,32H,1-4H3,(H,29,30,31,33). The Morgan fingerprint density at radius 2 is 1.81 bits per heavy atom. The summed E-state index contributed by atoms with van der Waals surface area (Å²) in [5.41, 5.74) is 0.683. The molecule has 0 spiro atoms. The van der Waals surface area contributed by atoms with Crippen LogP contribution in [0.3, 0.4) is 0 Å². The van der Waals surface area contributed by atoms with Crippen molar-refractivity contribution in [3.8, 4) is 17.0 Å². The molecule has 0 aliphatic heterocycles. The smallest absolute Gasteiger partial charge is 0.267 e. The molecule has 0 aliphatic rings. The first kappa shape index (κ1) is 26.2. The molecule has 2 heterocycles. The Morgan fingerprint density at radius 3 is 2.51 bits per heavy atom. The number of carbonyl (C=O) groups excluding carboxylic acids is 1. The van der Waals surface area contributed by atoms with Crippen LogP contribution in [0.15, 0.2) is 59.8 Å². The molecule has 2 aromatic carbocycles. The second kappa shape index (κ2) is 9.91. The van der Waals surface area contributed by atoms with E-state index in [0.717, 1.165) is 6.07 Å². The number of rotatable bonds is 6. The van der Waals surface area contributed by atoms with Crippen molar-refractivity contribution >= 4 is 50.1 Å². The highest BCUT2D eigenvalue weighted by atomic mass is 35.5. The summed E-state index contributed by atoms with van der Waals surface area (Å²) in [6, 6.07) is 10.0. The Kier molecular flexibility index (Phi) is 7.03. The molecule has 0 unspecified atom stereocenters. The van der Waals surface area contributed by atoms with Gasteiger partial charge < -0.3 is 4.74 Å².